The van der Waals surface area contributed by atoms with Crippen molar-refractivity contribution in [2.24, 2.45) is 0 Å². The maximum Gasteiger partial charge on any atom is 0.419 e. The van der Waals surface area contributed by atoms with Crippen LogP contribution in [0.5, 0.6) is 0 Å². The van der Waals surface area contributed by atoms with E-state index in [1.54, 1.807) is 19.1 Å². The van der Waals surface area contributed by atoms with Crippen molar-refractivity contribution in [1.29, 1.82) is 0 Å². The molecule has 0 radical (unpaired) electrons. The number of carbonyl (C=O) groups excluding carboxylic acids is 1. The molecule has 0 spiro atoms. The molecule has 1 aromatic carbocycles. The first-order valence-corrected chi connectivity index (χ1v) is 6.82. The third-order valence-electron chi connectivity index (χ3n) is 2.25. The smallest absolute Gasteiger partial charge is 0.419 e. The second kappa shape index (κ2) is 5.65. The summed E-state index contributed by atoms with van der Waals surface area (Å²) in [5.41, 5.74) is 0.893. The Morgan fingerprint density at radius 3 is 2.39 bits per heavy atom. The van der Waals surface area contributed by atoms with Crippen molar-refractivity contribution in [3.05, 3.63) is 41.2 Å². The molecule has 96 valence electrons. The number of rotatable bonds is 4. The van der Waals surface area contributed by atoms with Crippen LogP contribution in [-0.2, 0) is 19.4 Å². The van der Waals surface area contributed by atoms with E-state index in [0.29, 0.717) is 0 Å². The van der Waals surface area contributed by atoms with Crippen molar-refractivity contribution in [3.63, 3.8) is 0 Å². The third kappa shape index (κ3) is 2.87. The first kappa shape index (κ1) is 14.2. The van der Waals surface area contributed by atoms with Gasteiger partial charge in [0.15, 0.2) is 0 Å². The predicted octanol–water partition coefficient (Wildman–Crippen LogP) is 1.58. The Balaban J connectivity index is 3.16. The van der Waals surface area contributed by atoms with E-state index in [9.17, 15) is 13.2 Å². The van der Waals surface area contributed by atoms with Gasteiger partial charge in [-0.1, -0.05) is 17.7 Å². The lowest BCUT2D eigenvalue weighted by Gasteiger charge is -2.07. The van der Waals surface area contributed by atoms with Crippen LogP contribution in [0.2, 0.25) is 0 Å². The molecule has 0 amide bonds. The molecule has 0 aliphatic carbocycles. The highest BCUT2D eigenvalue weighted by Crippen LogP contribution is 2.18. The molecular formula is C12H13NO4S. The number of nitrogens with zero attached hydrogens (tertiary/aromatic N) is 1. The zero-order chi connectivity index (χ0) is 13.8. The highest BCUT2D eigenvalue weighted by Gasteiger charge is 2.41. The van der Waals surface area contributed by atoms with Crippen molar-refractivity contribution in [1.82, 2.24) is 0 Å². The van der Waals surface area contributed by atoms with Gasteiger partial charge in [0.1, 0.15) is 0 Å². The van der Waals surface area contributed by atoms with E-state index in [4.69, 9.17) is 6.57 Å². The number of sulfone groups is 1. The zero-order valence-corrected chi connectivity index (χ0v) is 10.9. The summed E-state index contributed by atoms with van der Waals surface area (Å²) in [5.74, 6) is -1.03. The van der Waals surface area contributed by atoms with Gasteiger partial charge in [0.05, 0.1) is 11.5 Å². The number of benzene rings is 1. The normalized spacial score (nSPS) is 12.5. The molecule has 0 saturated heterocycles. The van der Waals surface area contributed by atoms with Gasteiger partial charge in [-0.2, -0.15) is 0 Å². The van der Waals surface area contributed by atoms with Gasteiger partial charge in [-0.3, -0.25) is 4.85 Å². The van der Waals surface area contributed by atoms with Gasteiger partial charge >= 0.3 is 11.3 Å². The Kier molecular flexibility index (Phi) is 4.45. The zero-order valence-electron chi connectivity index (χ0n) is 10.1. The molecule has 0 aliphatic heterocycles. The molecule has 0 heterocycles. The summed E-state index contributed by atoms with van der Waals surface area (Å²) in [6.45, 7) is 10.3. The lowest BCUT2D eigenvalue weighted by atomic mass is 10.2. The summed E-state index contributed by atoms with van der Waals surface area (Å²) in [7, 11) is -4.02. The van der Waals surface area contributed by atoms with Crippen molar-refractivity contribution in [2.45, 2.75) is 24.1 Å². The third-order valence-corrected chi connectivity index (χ3v) is 4.06. The highest BCUT2D eigenvalue weighted by molar-refractivity contribution is 7.93. The molecule has 1 aromatic rings. The average Bonchev–Trinajstić information content (AvgIpc) is 2.30. The number of carbonyl (C=O) groups is 1. The van der Waals surface area contributed by atoms with Gasteiger partial charge in [-0.15, -0.1) is 0 Å². The molecule has 6 heteroatoms. The van der Waals surface area contributed by atoms with E-state index in [1.807, 2.05) is 6.92 Å². The summed E-state index contributed by atoms with van der Waals surface area (Å²) in [5, 5.41) is -1.83. The molecule has 0 aromatic heterocycles. The van der Waals surface area contributed by atoms with E-state index in [0.717, 1.165) is 5.56 Å². The first-order chi connectivity index (χ1) is 8.43. The topological polar surface area (TPSA) is 64.8 Å². The van der Waals surface area contributed by atoms with Gasteiger partial charge in [0.2, 0.25) is 0 Å². The maximum absolute atomic E-state index is 12.1. The summed E-state index contributed by atoms with van der Waals surface area (Å²) in [6.07, 6.45) is 0. The first-order valence-electron chi connectivity index (χ1n) is 5.27. The van der Waals surface area contributed by atoms with Crippen molar-refractivity contribution < 1.29 is 17.9 Å². The SMILES string of the molecule is [C-]#[N+]C(C(=O)OCC)S(=O)(=O)c1ccc(C)cc1. The largest absolute Gasteiger partial charge is 0.459 e. The number of aryl methyl sites for hydroxylation is 1. The summed E-state index contributed by atoms with van der Waals surface area (Å²) in [6, 6.07) is 5.97. The van der Waals surface area contributed by atoms with Crippen LogP contribution in [0.25, 0.3) is 4.85 Å². The van der Waals surface area contributed by atoms with Gasteiger partial charge < -0.3 is 4.74 Å². The maximum atomic E-state index is 12.1. The fourth-order valence-electron chi connectivity index (χ4n) is 1.32. The van der Waals surface area contributed by atoms with E-state index in [1.165, 1.54) is 12.1 Å². The highest BCUT2D eigenvalue weighted by atomic mass is 32.2. The lowest BCUT2D eigenvalue weighted by molar-refractivity contribution is -0.141. The van der Waals surface area contributed by atoms with Gasteiger partial charge in [-0.25, -0.2) is 19.8 Å². The van der Waals surface area contributed by atoms with E-state index >= 15 is 0 Å². The molecule has 0 saturated carbocycles. The minimum absolute atomic E-state index is 0.0360. The van der Waals surface area contributed by atoms with Crippen LogP contribution >= 0.6 is 0 Å². The quantitative estimate of drug-likeness (QED) is 0.613. The van der Waals surface area contributed by atoms with Gasteiger partial charge in [-0.05, 0) is 26.0 Å². The number of hydrogen-bond donors (Lipinski definition) is 0. The van der Waals surface area contributed by atoms with Crippen LogP contribution in [0.1, 0.15) is 12.5 Å². The fourth-order valence-corrected chi connectivity index (χ4v) is 2.55. The Hall–Kier alpha value is -1.87. The van der Waals surface area contributed by atoms with Crippen LogP contribution in [0.4, 0.5) is 0 Å². The van der Waals surface area contributed by atoms with Gasteiger partial charge in [0, 0.05) is 0 Å². The molecular weight excluding hydrogens is 254 g/mol. The van der Waals surface area contributed by atoms with Crippen molar-refractivity contribution in [3.8, 4) is 0 Å². The van der Waals surface area contributed by atoms with Crippen LogP contribution < -0.4 is 0 Å². The molecule has 0 fully saturated rings. The molecule has 1 unspecified atom stereocenters. The molecule has 0 bridgehead atoms. The number of esters is 1. The van der Waals surface area contributed by atoms with E-state index in [-0.39, 0.29) is 11.5 Å². The molecule has 1 rings (SSSR count). The Morgan fingerprint density at radius 1 is 1.39 bits per heavy atom. The molecule has 0 aliphatic rings. The van der Waals surface area contributed by atoms with Crippen LogP contribution in [-0.4, -0.2) is 26.4 Å². The monoisotopic (exact) mass is 267 g/mol. The number of hydrogen-bond acceptors (Lipinski definition) is 4. The second-order valence-corrected chi connectivity index (χ2v) is 5.60. The van der Waals surface area contributed by atoms with Crippen LogP contribution in [0.3, 0.4) is 0 Å². The van der Waals surface area contributed by atoms with Gasteiger partial charge in [0.25, 0.3) is 9.84 Å². The molecule has 1 atom stereocenters. The Bertz CT molecular complexity index is 569. The van der Waals surface area contributed by atoms with Crippen LogP contribution in [0, 0.1) is 13.5 Å². The molecule has 18 heavy (non-hydrogen) atoms. The summed E-state index contributed by atoms with van der Waals surface area (Å²) in [4.78, 5) is 14.3. The fraction of sp³-hybridized carbons (Fsp3) is 0.333. The summed E-state index contributed by atoms with van der Waals surface area (Å²) < 4.78 is 28.7. The molecule has 0 N–H and O–H groups in total. The Morgan fingerprint density at radius 2 is 1.94 bits per heavy atom. The van der Waals surface area contributed by atoms with Crippen molar-refractivity contribution in [2.75, 3.05) is 6.61 Å². The van der Waals surface area contributed by atoms with E-state index in [2.05, 4.69) is 9.58 Å². The number of ether oxygens (including phenoxy) is 1. The standard InChI is InChI=1S/C12H13NO4S/c1-4-17-12(14)11(13-3)18(15,16)10-7-5-9(2)6-8-10/h5-8,11H,4H2,1-2H3. The lowest BCUT2D eigenvalue weighted by Crippen LogP contribution is -2.29. The van der Waals surface area contributed by atoms with Crippen LogP contribution in [0.15, 0.2) is 29.2 Å². The van der Waals surface area contributed by atoms with Crippen molar-refractivity contribution >= 4 is 15.8 Å². The Labute approximate surface area is 106 Å². The minimum Gasteiger partial charge on any atom is -0.459 e. The van der Waals surface area contributed by atoms with E-state index < -0.39 is 21.2 Å². The minimum atomic E-state index is -4.02. The predicted molar refractivity (Wildman–Crippen MR) is 65.4 cm³/mol. The second-order valence-electron chi connectivity index (χ2n) is 3.59. The average molecular weight is 267 g/mol. The summed E-state index contributed by atoms with van der Waals surface area (Å²) >= 11 is 0. The molecule has 5 nitrogen and oxygen atoms in total.